The number of carbonyl (C=O) groups is 1. The minimum Gasteiger partial charge on any atom is -0.352 e. The maximum atomic E-state index is 11.2. The number of halogens is 2. The van der Waals surface area contributed by atoms with E-state index in [4.69, 9.17) is 11.6 Å². The molecule has 5 heteroatoms. The Balaban J connectivity index is 0.00000180. The van der Waals surface area contributed by atoms with Gasteiger partial charge in [-0.25, -0.2) is 0 Å². The summed E-state index contributed by atoms with van der Waals surface area (Å²) in [6.45, 7) is 3.31. The molecule has 0 aromatic heterocycles. The van der Waals surface area contributed by atoms with Gasteiger partial charge in [0.05, 0.1) is 0 Å². The smallest absolute Gasteiger partial charge is 0.235 e. The van der Waals surface area contributed by atoms with E-state index in [1.54, 1.807) is 5.57 Å². The van der Waals surface area contributed by atoms with Crippen molar-refractivity contribution in [2.45, 2.75) is 44.6 Å². The second-order valence-corrected chi connectivity index (χ2v) is 5.63. The largest absolute Gasteiger partial charge is 0.352 e. The highest BCUT2D eigenvalue weighted by Crippen LogP contribution is 2.20. The molecule has 2 rings (SSSR count). The van der Waals surface area contributed by atoms with Crippen molar-refractivity contribution in [2.75, 3.05) is 25.5 Å². The number of nitrogens with one attached hydrogen (secondary N) is 1. The Hall–Kier alpha value is -0.250. The Morgan fingerprint density at radius 1 is 1.37 bits per heavy atom. The fraction of sp³-hybridized carbons (Fsp3) is 0.786. The molecular formula is C14H24Cl2N2O. The van der Waals surface area contributed by atoms with Crippen molar-refractivity contribution >= 4 is 29.9 Å². The van der Waals surface area contributed by atoms with Crippen molar-refractivity contribution in [2.24, 2.45) is 0 Å². The van der Waals surface area contributed by atoms with Gasteiger partial charge in [-0.1, -0.05) is 11.6 Å². The molecule has 0 aromatic carbocycles. The fourth-order valence-electron chi connectivity index (χ4n) is 2.84. The molecule has 0 saturated carbocycles. The molecule has 1 saturated heterocycles. The zero-order valence-corrected chi connectivity index (χ0v) is 12.9. The van der Waals surface area contributed by atoms with E-state index in [-0.39, 0.29) is 24.2 Å². The Morgan fingerprint density at radius 2 is 2.11 bits per heavy atom. The average molecular weight is 307 g/mol. The van der Waals surface area contributed by atoms with Crippen molar-refractivity contribution in [3.8, 4) is 0 Å². The number of hydrogen-bond donors (Lipinski definition) is 1. The number of nitrogens with zero attached hydrogens (tertiary/aromatic N) is 1. The molecule has 110 valence electrons. The molecule has 3 nitrogen and oxygen atoms in total. The maximum Gasteiger partial charge on any atom is 0.235 e. The van der Waals surface area contributed by atoms with Gasteiger partial charge in [0.1, 0.15) is 5.88 Å². The van der Waals surface area contributed by atoms with Crippen LogP contribution in [0, 0.1) is 0 Å². The van der Waals surface area contributed by atoms with Crippen LogP contribution in [0.25, 0.3) is 0 Å². The van der Waals surface area contributed by atoms with Gasteiger partial charge in [-0.3, -0.25) is 9.69 Å². The Labute approximate surface area is 127 Å². The lowest BCUT2D eigenvalue weighted by atomic mass is 9.98. The molecule has 0 radical (unpaired) electrons. The summed E-state index contributed by atoms with van der Waals surface area (Å²) >= 11 is 5.50. The van der Waals surface area contributed by atoms with Gasteiger partial charge in [-0.15, -0.1) is 24.0 Å². The normalized spacial score (nSPS) is 21.4. The van der Waals surface area contributed by atoms with E-state index in [1.807, 2.05) is 0 Å². The average Bonchev–Trinajstić information content (AvgIpc) is 2.42. The maximum absolute atomic E-state index is 11.2. The summed E-state index contributed by atoms with van der Waals surface area (Å²) in [5.74, 6) is 0.0395. The fourth-order valence-corrected chi connectivity index (χ4v) is 2.91. The van der Waals surface area contributed by atoms with Crippen LogP contribution in [0.15, 0.2) is 11.6 Å². The highest BCUT2D eigenvalue weighted by molar-refractivity contribution is 6.27. The van der Waals surface area contributed by atoms with Gasteiger partial charge in [-0.05, 0) is 38.5 Å². The second-order valence-electron chi connectivity index (χ2n) is 5.36. The number of likely N-dealkylation sites (tertiary alicyclic amines) is 1. The monoisotopic (exact) mass is 306 g/mol. The molecule has 1 fully saturated rings. The first-order valence-electron chi connectivity index (χ1n) is 7.03. The second kappa shape index (κ2) is 8.83. The molecule has 1 heterocycles. The van der Waals surface area contributed by atoms with Gasteiger partial charge < -0.3 is 5.32 Å². The highest BCUT2D eigenvalue weighted by Gasteiger charge is 2.21. The molecule has 1 N–H and O–H groups in total. The number of carbonyl (C=O) groups excluding carboxylic acids is 1. The van der Waals surface area contributed by atoms with Crippen molar-refractivity contribution < 1.29 is 4.79 Å². The summed E-state index contributed by atoms with van der Waals surface area (Å²) in [5, 5.41) is 2.98. The Bertz CT molecular complexity index is 313. The molecule has 1 aliphatic carbocycles. The first-order chi connectivity index (χ1) is 8.78. The first-order valence-corrected chi connectivity index (χ1v) is 7.57. The van der Waals surface area contributed by atoms with E-state index in [1.165, 1.54) is 25.7 Å². The van der Waals surface area contributed by atoms with Crippen LogP contribution < -0.4 is 5.32 Å². The molecule has 0 aromatic rings. The molecule has 0 unspecified atom stereocenters. The van der Waals surface area contributed by atoms with E-state index < -0.39 is 0 Å². The van der Waals surface area contributed by atoms with Crippen LogP contribution in [0.1, 0.15) is 38.5 Å². The summed E-state index contributed by atoms with van der Waals surface area (Å²) in [6, 6.07) is 0.327. The van der Waals surface area contributed by atoms with Crippen molar-refractivity contribution in [3.05, 3.63) is 11.6 Å². The number of alkyl halides is 1. The quantitative estimate of drug-likeness (QED) is 0.640. The number of allylic oxidation sites excluding steroid dienone is 1. The number of amides is 1. The minimum atomic E-state index is -0.0369. The van der Waals surface area contributed by atoms with E-state index in [9.17, 15) is 4.79 Å². The van der Waals surface area contributed by atoms with Gasteiger partial charge in [0, 0.05) is 25.7 Å². The predicted molar refractivity (Wildman–Crippen MR) is 82.1 cm³/mol. The highest BCUT2D eigenvalue weighted by atomic mass is 35.5. The van der Waals surface area contributed by atoms with E-state index in [0.717, 1.165) is 32.5 Å². The first kappa shape index (κ1) is 16.8. The van der Waals surface area contributed by atoms with E-state index >= 15 is 0 Å². The van der Waals surface area contributed by atoms with Crippen LogP contribution in [-0.2, 0) is 4.79 Å². The van der Waals surface area contributed by atoms with Gasteiger partial charge in [0.25, 0.3) is 0 Å². The summed E-state index contributed by atoms with van der Waals surface area (Å²) < 4.78 is 0. The van der Waals surface area contributed by atoms with E-state index in [0.29, 0.717) is 6.04 Å². The third kappa shape index (κ3) is 5.72. The molecule has 2 aliphatic rings. The molecule has 0 atom stereocenters. The molecule has 19 heavy (non-hydrogen) atoms. The van der Waals surface area contributed by atoms with Crippen LogP contribution in [0.3, 0.4) is 0 Å². The summed E-state index contributed by atoms with van der Waals surface area (Å²) in [6.07, 6.45) is 9.78. The van der Waals surface area contributed by atoms with Crippen molar-refractivity contribution in [3.63, 3.8) is 0 Å². The van der Waals surface area contributed by atoms with Crippen LogP contribution in [0.2, 0.25) is 0 Å². The molecular weight excluding hydrogens is 283 g/mol. The Morgan fingerprint density at radius 3 is 2.68 bits per heavy atom. The van der Waals surface area contributed by atoms with Crippen LogP contribution in [0.4, 0.5) is 0 Å². The third-order valence-corrected chi connectivity index (χ3v) is 4.13. The van der Waals surface area contributed by atoms with Gasteiger partial charge in [0.2, 0.25) is 5.91 Å². The zero-order chi connectivity index (χ0) is 12.8. The summed E-state index contributed by atoms with van der Waals surface area (Å²) in [7, 11) is 0. The molecule has 0 bridgehead atoms. The summed E-state index contributed by atoms with van der Waals surface area (Å²) in [4.78, 5) is 13.7. The van der Waals surface area contributed by atoms with E-state index in [2.05, 4.69) is 16.3 Å². The minimum absolute atomic E-state index is 0. The summed E-state index contributed by atoms with van der Waals surface area (Å²) in [5.41, 5.74) is 1.62. The Kier molecular flexibility index (Phi) is 7.81. The molecule has 1 aliphatic heterocycles. The lowest BCUT2D eigenvalue weighted by Crippen LogP contribution is -2.45. The topological polar surface area (TPSA) is 32.3 Å². The number of rotatable bonds is 4. The van der Waals surface area contributed by atoms with Gasteiger partial charge >= 0.3 is 0 Å². The number of hydrogen-bond acceptors (Lipinski definition) is 2. The molecule has 0 spiro atoms. The van der Waals surface area contributed by atoms with Crippen molar-refractivity contribution in [1.82, 2.24) is 10.2 Å². The van der Waals surface area contributed by atoms with Crippen LogP contribution >= 0.6 is 24.0 Å². The van der Waals surface area contributed by atoms with Gasteiger partial charge in [-0.2, -0.15) is 0 Å². The standard InChI is InChI=1S/C14H23ClN2O.ClH/c15-10-14(18)16-13-6-8-17(9-7-13)11-12-4-2-1-3-5-12;/h4,13H,1-3,5-11H2,(H,16,18);1H. The number of piperidine rings is 1. The molecule has 1 amide bonds. The van der Waals surface area contributed by atoms with Crippen LogP contribution in [0.5, 0.6) is 0 Å². The predicted octanol–water partition coefficient (Wildman–Crippen LogP) is 2.73. The SMILES string of the molecule is Cl.O=C(CCl)NC1CCN(CC2=CCCCC2)CC1. The van der Waals surface area contributed by atoms with Gasteiger partial charge in [0.15, 0.2) is 0 Å². The lowest BCUT2D eigenvalue weighted by molar-refractivity contribution is -0.119. The van der Waals surface area contributed by atoms with Crippen LogP contribution in [-0.4, -0.2) is 42.4 Å². The third-order valence-electron chi connectivity index (χ3n) is 3.89. The lowest BCUT2D eigenvalue weighted by Gasteiger charge is -2.33. The zero-order valence-electron chi connectivity index (χ0n) is 11.4. The van der Waals surface area contributed by atoms with Crippen molar-refractivity contribution in [1.29, 1.82) is 0 Å².